The first-order chi connectivity index (χ1) is 8.60. The highest BCUT2D eigenvalue weighted by molar-refractivity contribution is 7.16. The van der Waals surface area contributed by atoms with E-state index in [0.717, 1.165) is 29.4 Å². The second-order valence-corrected chi connectivity index (χ2v) is 6.55. The van der Waals surface area contributed by atoms with Gasteiger partial charge in [0.2, 0.25) is 0 Å². The van der Waals surface area contributed by atoms with Crippen LogP contribution in [0.25, 0.3) is 10.6 Å². The number of thiazole rings is 2. The van der Waals surface area contributed by atoms with E-state index >= 15 is 0 Å². The van der Waals surface area contributed by atoms with Gasteiger partial charge in [0.15, 0.2) is 5.13 Å². The number of nitrogens with zero attached hydrogens (tertiary/aromatic N) is 2. The summed E-state index contributed by atoms with van der Waals surface area (Å²) in [6.07, 6.45) is 2.20. The first-order valence-electron chi connectivity index (χ1n) is 6.29. The van der Waals surface area contributed by atoms with Crippen molar-refractivity contribution in [2.24, 2.45) is 0 Å². The normalized spacial score (nSPS) is 11.2. The summed E-state index contributed by atoms with van der Waals surface area (Å²) in [7, 11) is 0. The van der Waals surface area contributed by atoms with Gasteiger partial charge in [-0.2, -0.15) is 0 Å². The highest BCUT2D eigenvalue weighted by Gasteiger charge is 2.12. The summed E-state index contributed by atoms with van der Waals surface area (Å²) in [5.74, 6) is 0. The van der Waals surface area contributed by atoms with E-state index in [0.29, 0.717) is 6.04 Å². The molecule has 0 spiro atoms. The van der Waals surface area contributed by atoms with E-state index in [4.69, 9.17) is 0 Å². The summed E-state index contributed by atoms with van der Waals surface area (Å²) in [4.78, 5) is 10.5. The lowest BCUT2D eigenvalue weighted by atomic mass is 10.3. The third kappa shape index (κ3) is 3.09. The van der Waals surface area contributed by atoms with Crippen molar-refractivity contribution in [2.75, 3.05) is 5.32 Å². The lowest BCUT2D eigenvalue weighted by molar-refractivity contribution is 0.897. The zero-order chi connectivity index (χ0) is 13.1. The average molecular weight is 281 g/mol. The van der Waals surface area contributed by atoms with Crippen LogP contribution in [0.1, 0.15) is 37.9 Å². The standard InChI is InChI=1S/C13H19N3S2/c1-5-6-11-15-9(4)12(18-11)10-7-17-13(16-10)14-8(2)3/h7-8H,5-6H2,1-4H3,(H,14,16). The number of rotatable bonds is 5. The SMILES string of the molecule is CCCc1nc(C)c(-c2csc(NC(C)C)n2)s1. The van der Waals surface area contributed by atoms with Gasteiger partial charge in [-0.05, 0) is 33.6 Å². The molecule has 0 fully saturated rings. The van der Waals surface area contributed by atoms with Crippen molar-refractivity contribution in [3.05, 3.63) is 16.1 Å². The van der Waals surface area contributed by atoms with Crippen molar-refractivity contribution in [2.45, 2.75) is 46.6 Å². The van der Waals surface area contributed by atoms with Gasteiger partial charge in [-0.1, -0.05) is 6.92 Å². The largest absolute Gasteiger partial charge is 0.359 e. The number of aryl methyl sites for hydroxylation is 2. The Morgan fingerprint density at radius 1 is 1.33 bits per heavy atom. The molecule has 0 aromatic carbocycles. The first kappa shape index (κ1) is 13.5. The van der Waals surface area contributed by atoms with Crippen LogP contribution >= 0.6 is 22.7 Å². The van der Waals surface area contributed by atoms with E-state index in [1.807, 2.05) is 0 Å². The van der Waals surface area contributed by atoms with Gasteiger partial charge in [0, 0.05) is 11.4 Å². The van der Waals surface area contributed by atoms with E-state index in [1.54, 1.807) is 22.7 Å². The average Bonchev–Trinajstić information content (AvgIpc) is 2.85. The summed E-state index contributed by atoms with van der Waals surface area (Å²) in [5, 5.41) is 7.66. The molecule has 0 atom stereocenters. The molecule has 2 aromatic heterocycles. The van der Waals surface area contributed by atoms with Gasteiger partial charge in [0.25, 0.3) is 0 Å². The lowest BCUT2D eigenvalue weighted by Crippen LogP contribution is -2.08. The fourth-order valence-electron chi connectivity index (χ4n) is 1.70. The van der Waals surface area contributed by atoms with E-state index in [2.05, 4.69) is 48.4 Å². The summed E-state index contributed by atoms with van der Waals surface area (Å²) < 4.78 is 0. The Balaban J connectivity index is 2.22. The Bertz CT molecular complexity index is 514. The molecule has 0 radical (unpaired) electrons. The van der Waals surface area contributed by atoms with Crippen LogP contribution in [0.15, 0.2) is 5.38 Å². The summed E-state index contributed by atoms with van der Waals surface area (Å²) in [6.45, 7) is 8.50. The molecule has 98 valence electrons. The van der Waals surface area contributed by atoms with Gasteiger partial charge < -0.3 is 5.32 Å². The number of aromatic nitrogens is 2. The fraction of sp³-hybridized carbons (Fsp3) is 0.538. The van der Waals surface area contributed by atoms with Gasteiger partial charge in [-0.25, -0.2) is 9.97 Å². The van der Waals surface area contributed by atoms with Crippen LogP contribution in [0.3, 0.4) is 0 Å². The molecule has 0 bridgehead atoms. The Labute approximate surface area is 116 Å². The number of hydrogen-bond donors (Lipinski definition) is 1. The van der Waals surface area contributed by atoms with Gasteiger partial charge in [-0.3, -0.25) is 0 Å². The quantitative estimate of drug-likeness (QED) is 0.885. The Kier molecular flexibility index (Phi) is 4.35. The van der Waals surface area contributed by atoms with Gasteiger partial charge >= 0.3 is 0 Å². The number of nitrogens with one attached hydrogen (secondary N) is 1. The van der Waals surface area contributed by atoms with Crippen molar-refractivity contribution < 1.29 is 0 Å². The van der Waals surface area contributed by atoms with Crippen LogP contribution in [0.5, 0.6) is 0 Å². The van der Waals surface area contributed by atoms with E-state index in [9.17, 15) is 0 Å². The molecule has 2 heterocycles. The first-order valence-corrected chi connectivity index (χ1v) is 7.98. The molecule has 5 heteroatoms. The maximum absolute atomic E-state index is 4.63. The molecular weight excluding hydrogens is 262 g/mol. The Morgan fingerprint density at radius 2 is 2.11 bits per heavy atom. The monoisotopic (exact) mass is 281 g/mol. The maximum atomic E-state index is 4.63. The number of hydrogen-bond acceptors (Lipinski definition) is 5. The van der Waals surface area contributed by atoms with Gasteiger partial charge in [0.05, 0.1) is 21.3 Å². The highest BCUT2D eigenvalue weighted by Crippen LogP contribution is 2.32. The lowest BCUT2D eigenvalue weighted by Gasteiger charge is -2.04. The Hall–Kier alpha value is -0.940. The number of anilines is 1. The minimum atomic E-state index is 0.419. The van der Waals surface area contributed by atoms with Crippen LogP contribution < -0.4 is 5.32 Å². The molecule has 1 N–H and O–H groups in total. The molecule has 0 amide bonds. The summed E-state index contributed by atoms with van der Waals surface area (Å²) in [5.41, 5.74) is 2.16. The molecule has 0 aliphatic heterocycles. The molecule has 2 rings (SSSR count). The Morgan fingerprint density at radius 3 is 2.78 bits per heavy atom. The second kappa shape index (κ2) is 5.80. The highest BCUT2D eigenvalue weighted by atomic mass is 32.1. The third-order valence-corrected chi connectivity index (χ3v) is 4.47. The third-order valence-electron chi connectivity index (χ3n) is 2.45. The van der Waals surface area contributed by atoms with Crippen molar-refractivity contribution in [1.82, 2.24) is 9.97 Å². The molecule has 18 heavy (non-hydrogen) atoms. The van der Waals surface area contributed by atoms with Crippen molar-refractivity contribution in [3.63, 3.8) is 0 Å². The maximum Gasteiger partial charge on any atom is 0.183 e. The molecule has 2 aromatic rings. The van der Waals surface area contributed by atoms with Crippen LogP contribution in [-0.4, -0.2) is 16.0 Å². The van der Waals surface area contributed by atoms with E-state index < -0.39 is 0 Å². The van der Waals surface area contributed by atoms with Crippen molar-refractivity contribution >= 4 is 27.8 Å². The van der Waals surface area contributed by atoms with Crippen LogP contribution in [0.2, 0.25) is 0 Å². The minimum Gasteiger partial charge on any atom is -0.359 e. The van der Waals surface area contributed by atoms with Crippen LogP contribution in [0.4, 0.5) is 5.13 Å². The fourth-order valence-corrected chi connectivity index (χ4v) is 3.75. The summed E-state index contributed by atoms with van der Waals surface area (Å²) in [6, 6.07) is 0.419. The minimum absolute atomic E-state index is 0.419. The predicted molar refractivity (Wildman–Crippen MR) is 80.7 cm³/mol. The van der Waals surface area contributed by atoms with Crippen molar-refractivity contribution in [1.29, 1.82) is 0 Å². The predicted octanol–water partition coefficient (Wildman–Crippen LogP) is 4.35. The van der Waals surface area contributed by atoms with E-state index in [1.165, 1.54) is 9.88 Å². The molecule has 0 unspecified atom stereocenters. The molecular formula is C13H19N3S2. The molecule has 0 saturated heterocycles. The molecule has 3 nitrogen and oxygen atoms in total. The van der Waals surface area contributed by atoms with Crippen LogP contribution in [0, 0.1) is 6.92 Å². The van der Waals surface area contributed by atoms with Crippen LogP contribution in [-0.2, 0) is 6.42 Å². The second-order valence-electron chi connectivity index (χ2n) is 4.61. The van der Waals surface area contributed by atoms with Gasteiger partial charge in [-0.15, -0.1) is 22.7 Å². The molecule has 0 saturated carbocycles. The summed E-state index contributed by atoms with van der Waals surface area (Å²) >= 11 is 3.44. The zero-order valence-electron chi connectivity index (χ0n) is 11.3. The molecule has 0 aliphatic carbocycles. The smallest absolute Gasteiger partial charge is 0.183 e. The zero-order valence-corrected chi connectivity index (χ0v) is 12.9. The molecule has 0 aliphatic rings. The topological polar surface area (TPSA) is 37.8 Å². The van der Waals surface area contributed by atoms with Crippen molar-refractivity contribution in [3.8, 4) is 10.6 Å². The van der Waals surface area contributed by atoms with Gasteiger partial charge in [0.1, 0.15) is 0 Å². The van der Waals surface area contributed by atoms with E-state index in [-0.39, 0.29) is 0 Å².